The molecule has 6 nitrogen and oxygen atoms in total. The van der Waals surface area contributed by atoms with Gasteiger partial charge in [-0.2, -0.15) is 0 Å². The molecule has 0 saturated carbocycles. The fourth-order valence-electron chi connectivity index (χ4n) is 2.61. The van der Waals surface area contributed by atoms with Crippen LogP contribution in [-0.2, 0) is 16.0 Å². The minimum absolute atomic E-state index is 0.0952. The molecule has 0 radical (unpaired) electrons. The summed E-state index contributed by atoms with van der Waals surface area (Å²) in [5, 5.41) is 2.94. The van der Waals surface area contributed by atoms with E-state index in [-0.39, 0.29) is 18.6 Å². The number of amides is 2. The molecule has 2 amide bonds. The van der Waals surface area contributed by atoms with Gasteiger partial charge in [0.1, 0.15) is 0 Å². The first-order chi connectivity index (χ1) is 13.4. The minimum atomic E-state index is -0.568. The van der Waals surface area contributed by atoms with Crippen molar-refractivity contribution in [2.45, 2.75) is 26.3 Å². The summed E-state index contributed by atoms with van der Waals surface area (Å²) >= 11 is 0. The number of carbonyl (C=O) groups is 2. The van der Waals surface area contributed by atoms with Crippen molar-refractivity contribution < 1.29 is 19.1 Å². The van der Waals surface area contributed by atoms with E-state index in [1.54, 1.807) is 24.3 Å². The molecule has 0 spiro atoms. The third-order valence-corrected chi connectivity index (χ3v) is 4.23. The highest BCUT2D eigenvalue weighted by atomic mass is 16.5. The van der Waals surface area contributed by atoms with Crippen LogP contribution in [0.4, 0.5) is 0 Å². The van der Waals surface area contributed by atoms with Crippen molar-refractivity contribution in [1.82, 2.24) is 5.32 Å². The summed E-state index contributed by atoms with van der Waals surface area (Å²) < 4.78 is 10.5. The molecular formula is C22H26N2O4. The molecule has 2 aromatic rings. The predicted molar refractivity (Wildman–Crippen MR) is 109 cm³/mol. The van der Waals surface area contributed by atoms with Crippen LogP contribution in [0.5, 0.6) is 11.5 Å². The van der Waals surface area contributed by atoms with Crippen LogP contribution in [0.3, 0.4) is 0 Å². The Morgan fingerprint density at radius 3 is 2.46 bits per heavy atom. The summed E-state index contributed by atoms with van der Waals surface area (Å²) in [5.74, 6) is 0.0986. The summed E-state index contributed by atoms with van der Waals surface area (Å²) in [7, 11) is 1.50. The second kappa shape index (κ2) is 10.2. The van der Waals surface area contributed by atoms with Crippen molar-refractivity contribution in [2.24, 2.45) is 5.73 Å². The van der Waals surface area contributed by atoms with Crippen LogP contribution < -0.4 is 20.5 Å². The Morgan fingerprint density at radius 1 is 1.14 bits per heavy atom. The zero-order valence-corrected chi connectivity index (χ0v) is 16.4. The van der Waals surface area contributed by atoms with E-state index in [9.17, 15) is 9.59 Å². The summed E-state index contributed by atoms with van der Waals surface area (Å²) in [6, 6.07) is 13.2. The van der Waals surface area contributed by atoms with Crippen LogP contribution in [0, 0.1) is 0 Å². The molecule has 0 aliphatic heterocycles. The normalized spacial score (nSPS) is 11.8. The maximum absolute atomic E-state index is 12.2. The lowest BCUT2D eigenvalue weighted by Crippen LogP contribution is -2.24. The van der Waals surface area contributed by atoms with Crippen LogP contribution in [0.15, 0.2) is 48.5 Å². The fourth-order valence-corrected chi connectivity index (χ4v) is 2.61. The maximum Gasteiger partial charge on any atom is 0.255 e. The van der Waals surface area contributed by atoms with Crippen molar-refractivity contribution in [2.75, 3.05) is 13.7 Å². The number of ether oxygens (including phenoxy) is 2. The SMILES string of the molecule is CCc1ccc(C(C)NC(=O)/C=C/c2ccc(OCC(N)=O)c(OC)c2)cc1. The number of primary amides is 1. The Kier molecular flexibility index (Phi) is 7.63. The zero-order chi connectivity index (χ0) is 20.5. The average molecular weight is 382 g/mol. The summed E-state index contributed by atoms with van der Waals surface area (Å²) in [5.41, 5.74) is 8.16. The van der Waals surface area contributed by atoms with E-state index in [4.69, 9.17) is 15.2 Å². The first-order valence-corrected chi connectivity index (χ1v) is 9.09. The Labute approximate surface area is 165 Å². The standard InChI is InChI=1S/C22H26N2O4/c1-4-16-5-9-18(10-6-16)15(2)24-22(26)12-8-17-7-11-19(20(13-17)27-3)28-14-21(23)25/h5-13,15H,4,14H2,1-3H3,(H2,23,25)(H,24,26)/b12-8+. The molecule has 2 aromatic carbocycles. The van der Waals surface area contributed by atoms with Crippen LogP contribution in [0.25, 0.3) is 6.08 Å². The first-order valence-electron chi connectivity index (χ1n) is 9.09. The molecule has 0 bridgehead atoms. The van der Waals surface area contributed by atoms with Crippen molar-refractivity contribution in [3.63, 3.8) is 0 Å². The third-order valence-electron chi connectivity index (χ3n) is 4.23. The molecule has 2 rings (SSSR count). The maximum atomic E-state index is 12.2. The van der Waals surface area contributed by atoms with Gasteiger partial charge in [-0.3, -0.25) is 9.59 Å². The smallest absolute Gasteiger partial charge is 0.255 e. The summed E-state index contributed by atoms with van der Waals surface area (Å²) in [6.07, 6.45) is 4.14. The molecule has 0 fully saturated rings. The molecule has 28 heavy (non-hydrogen) atoms. The van der Waals surface area contributed by atoms with Gasteiger partial charge in [-0.15, -0.1) is 0 Å². The number of methoxy groups -OCH3 is 1. The van der Waals surface area contributed by atoms with Crippen LogP contribution in [0.2, 0.25) is 0 Å². The molecule has 0 aliphatic carbocycles. The minimum Gasteiger partial charge on any atom is -0.493 e. The largest absolute Gasteiger partial charge is 0.493 e. The van der Waals surface area contributed by atoms with Gasteiger partial charge in [0.05, 0.1) is 13.2 Å². The van der Waals surface area contributed by atoms with Crippen molar-refractivity contribution >= 4 is 17.9 Å². The fraction of sp³-hybridized carbons (Fsp3) is 0.273. The predicted octanol–water partition coefficient (Wildman–Crippen LogP) is 3.01. The Balaban J connectivity index is 1.99. The lowest BCUT2D eigenvalue weighted by molar-refractivity contribution is -0.120. The van der Waals surface area contributed by atoms with Gasteiger partial charge < -0.3 is 20.5 Å². The second-order valence-corrected chi connectivity index (χ2v) is 6.32. The first kappa shape index (κ1) is 21.0. The summed E-state index contributed by atoms with van der Waals surface area (Å²) in [6.45, 7) is 3.82. The van der Waals surface area contributed by atoms with Gasteiger partial charge in [0, 0.05) is 6.08 Å². The van der Waals surface area contributed by atoms with E-state index in [1.807, 2.05) is 19.1 Å². The second-order valence-electron chi connectivity index (χ2n) is 6.32. The monoisotopic (exact) mass is 382 g/mol. The quantitative estimate of drug-likeness (QED) is 0.652. The number of hydrogen-bond acceptors (Lipinski definition) is 4. The molecule has 3 N–H and O–H groups in total. The van der Waals surface area contributed by atoms with Crippen molar-refractivity contribution in [3.8, 4) is 11.5 Å². The van der Waals surface area contributed by atoms with E-state index in [0.717, 1.165) is 17.5 Å². The zero-order valence-electron chi connectivity index (χ0n) is 16.4. The molecule has 0 aromatic heterocycles. The van der Waals surface area contributed by atoms with Gasteiger partial charge in [-0.1, -0.05) is 37.3 Å². The molecule has 1 unspecified atom stereocenters. The Hall–Kier alpha value is -3.28. The topological polar surface area (TPSA) is 90.6 Å². The van der Waals surface area contributed by atoms with Crippen molar-refractivity contribution in [1.29, 1.82) is 0 Å². The lowest BCUT2D eigenvalue weighted by atomic mass is 10.0. The van der Waals surface area contributed by atoms with Gasteiger partial charge >= 0.3 is 0 Å². The number of rotatable bonds is 9. The van der Waals surface area contributed by atoms with Crippen molar-refractivity contribution in [3.05, 3.63) is 65.2 Å². The molecule has 1 atom stereocenters. The van der Waals surface area contributed by atoms with Crippen LogP contribution >= 0.6 is 0 Å². The number of nitrogens with one attached hydrogen (secondary N) is 1. The van der Waals surface area contributed by atoms with Gasteiger partial charge in [-0.25, -0.2) is 0 Å². The molecule has 0 aliphatic rings. The van der Waals surface area contributed by atoms with Gasteiger partial charge in [0.2, 0.25) is 5.91 Å². The Bertz CT molecular complexity index is 844. The average Bonchev–Trinajstić information content (AvgIpc) is 2.70. The van der Waals surface area contributed by atoms with Gasteiger partial charge in [-0.05, 0) is 48.2 Å². The van der Waals surface area contributed by atoms with Crippen LogP contribution in [-0.4, -0.2) is 25.5 Å². The molecular weight excluding hydrogens is 356 g/mol. The molecule has 0 saturated heterocycles. The van der Waals surface area contributed by atoms with Gasteiger partial charge in [0.15, 0.2) is 18.1 Å². The number of hydrogen-bond donors (Lipinski definition) is 2. The number of carbonyl (C=O) groups excluding carboxylic acids is 2. The van der Waals surface area contributed by atoms with E-state index in [2.05, 4.69) is 24.4 Å². The van der Waals surface area contributed by atoms with Gasteiger partial charge in [0.25, 0.3) is 5.91 Å². The van der Waals surface area contributed by atoms with E-state index >= 15 is 0 Å². The van der Waals surface area contributed by atoms with E-state index in [1.165, 1.54) is 18.7 Å². The highest BCUT2D eigenvalue weighted by Gasteiger charge is 2.09. The Morgan fingerprint density at radius 2 is 1.86 bits per heavy atom. The number of benzene rings is 2. The highest BCUT2D eigenvalue weighted by molar-refractivity contribution is 5.92. The van der Waals surface area contributed by atoms with Crippen LogP contribution in [0.1, 0.15) is 36.6 Å². The molecule has 0 heterocycles. The molecule has 6 heteroatoms. The molecule has 148 valence electrons. The number of aryl methyl sites for hydroxylation is 1. The third kappa shape index (κ3) is 6.16. The highest BCUT2D eigenvalue weighted by Crippen LogP contribution is 2.28. The van der Waals surface area contributed by atoms with E-state index < -0.39 is 5.91 Å². The summed E-state index contributed by atoms with van der Waals surface area (Å²) in [4.78, 5) is 23.1. The number of nitrogens with two attached hydrogens (primary N) is 1. The lowest BCUT2D eigenvalue weighted by Gasteiger charge is -2.13. The van der Waals surface area contributed by atoms with E-state index in [0.29, 0.717) is 11.5 Å².